The summed E-state index contributed by atoms with van der Waals surface area (Å²) in [5, 5.41) is 0. The lowest BCUT2D eigenvalue weighted by molar-refractivity contribution is 0.0393. The first-order valence-corrected chi connectivity index (χ1v) is 7.16. The van der Waals surface area contributed by atoms with Crippen molar-refractivity contribution >= 4 is 11.7 Å². The van der Waals surface area contributed by atoms with Crippen molar-refractivity contribution in [3.8, 4) is 0 Å². The maximum absolute atomic E-state index is 12.1. The molecule has 2 aliphatic rings. The molecule has 0 aromatic heterocycles. The van der Waals surface area contributed by atoms with Gasteiger partial charge in [-0.05, 0) is 67.7 Å². The zero-order valence-electron chi connectivity index (χ0n) is 11.4. The highest BCUT2D eigenvalue weighted by Gasteiger charge is 2.39. The summed E-state index contributed by atoms with van der Waals surface area (Å²) in [4.78, 5) is 12.1. The molecule has 3 nitrogen and oxygen atoms in total. The molecule has 0 radical (unpaired) electrons. The quantitative estimate of drug-likeness (QED) is 0.670. The zero-order valence-corrected chi connectivity index (χ0v) is 11.4. The van der Waals surface area contributed by atoms with Crippen LogP contribution < -0.4 is 5.73 Å². The van der Waals surface area contributed by atoms with Crippen LogP contribution in [-0.2, 0) is 4.74 Å². The van der Waals surface area contributed by atoms with Crippen LogP contribution in [0.3, 0.4) is 0 Å². The summed E-state index contributed by atoms with van der Waals surface area (Å²) in [6, 6.07) is 5.32. The molecule has 3 rings (SSSR count). The predicted octanol–water partition coefficient (Wildman–Crippen LogP) is 3.17. The Hall–Kier alpha value is -1.51. The molecule has 2 bridgehead atoms. The monoisotopic (exact) mass is 259 g/mol. The maximum Gasteiger partial charge on any atom is 0.338 e. The molecule has 3 heteroatoms. The van der Waals surface area contributed by atoms with Crippen molar-refractivity contribution in [3.63, 3.8) is 0 Å². The molecule has 2 fully saturated rings. The minimum Gasteiger partial charge on any atom is -0.462 e. The van der Waals surface area contributed by atoms with Gasteiger partial charge in [0.05, 0.1) is 12.2 Å². The van der Waals surface area contributed by atoms with Crippen molar-refractivity contribution in [2.75, 3.05) is 12.3 Å². The molecule has 0 aliphatic heterocycles. The van der Waals surface area contributed by atoms with Crippen LogP contribution in [0.15, 0.2) is 18.2 Å². The highest BCUT2D eigenvalue weighted by Crippen LogP contribution is 2.48. The Morgan fingerprint density at radius 2 is 2.21 bits per heavy atom. The Labute approximate surface area is 114 Å². The van der Waals surface area contributed by atoms with Crippen molar-refractivity contribution in [1.29, 1.82) is 0 Å². The van der Waals surface area contributed by atoms with Crippen LogP contribution >= 0.6 is 0 Å². The van der Waals surface area contributed by atoms with Gasteiger partial charge in [0, 0.05) is 5.69 Å². The predicted molar refractivity (Wildman–Crippen MR) is 74.8 cm³/mol. The molecule has 0 spiro atoms. The standard InChI is InChI=1S/C16H21NO2/c1-10-6-14(17)4-5-15(10)16(18)19-9-13-8-11-2-3-12(13)7-11/h4-6,11-13H,2-3,7-9,17H2,1H3. The molecule has 19 heavy (non-hydrogen) atoms. The average molecular weight is 259 g/mol. The number of carbonyl (C=O) groups excluding carboxylic acids is 1. The Kier molecular flexibility index (Phi) is 3.21. The number of nitrogen functional groups attached to an aromatic ring is 1. The largest absolute Gasteiger partial charge is 0.462 e. The van der Waals surface area contributed by atoms with Gasteiger partial charge in [-0.3, -0.25) is 0 Å². The van der Waals surface area contributed by atoms with Crippen LogP contribution in [0.2, 0.25) is 0 Å². The van der Waals surface area contributed by atoms with E-state index in [4.69, 9.17) is 10.5 Å². The van der Waals surface area contributed by atoms with Gasteiger partial charge in [-0.25, -0.2) is 4.79 Å². The van der Waals surface area contributed by atoms with Gasteiger partial charge in [-0.2, -0.15) is 0 Å². The van der Waals surface area contributed by atoms with E-state index in [1.807, 2.05) is 13.0 Å². The second-order valence-electron chi connectivity index (χ2n) is 6.11. The summed E-state index contributed by atoms with van der Waals surface area (Å²) in [6.07, 6.45) is 5.31. The number of carbonyl (C=O) groups is 1. The number of ether oxygens (including phenoxy) is 1. The fourth-order valence-electron chi connectivity index (χ4n) is 3.76. The first-order valence-electron chi connectivity index (χ1n) is 7.16. The van der Waals surface area contributed by atoms with Gasteiger partial charge in [0.1, 0.15) is 0 Å². The number of esters is 1. The number of anilines is 1. The zero-order chi connectivity index (χ0) is 13.4. The van der Waals surface area contributed by atoms with Crippen molar-refractivity contribution < 1.29 is 9.53 Å². The SMILES string of the molecule is Cc1cc(N)ccc1C(=O)OCC1CC2CCC1C2. The number of aryl methyl sites for hydroxylation is 1. The molecule has 2 N–H and O–H groups in total. The molecule has 2 saturated carbocycles. The van der Waals surface area contributed by atoms with Crippen LogP contribution in [0.4, 0.5) is 5.69 Å². The smallest absolute Gasteiger partial charge is 0.338 e. The molecule has 102 valence electrons. The molecule has 0 heterocycles. The van der Waals surface area contributed by atoms with E-state index in [0.717, 1.165) is 17.4 Å². The summed E-state index contributed by atoms with van der Waals surface area (Å²) < 4.78 is 5.51. The summed E-state index contributed by atoms with van der Waals surface area (Å²) in [5.74, 6) is 2.08. The normalized spacial score (nSPS) is 28.6. The van der Waals surface area contributed by atoms with Crippen LogP contribution in [0.25, 0.3) is 0 Å². The summed E-state index contributed by atoms with van der Waals surface area (Å²) in [5.41, 5.74) is 7.90. The van der Waals surface area contributed by atoms with Crippen molar-refractivity contribution in [3.05, 3.63) is 29.3 Å². The number of benzene rings is 1. The minimum atomic E-state index is -0.208. The summed E-state index contributed by atoms with van der Waals surface area (Å²) >= 11 is 0. The van der Waals surface area contributed by atoms with Gasteiger partial charge in [0.2, 0.25) is 0 Å². The molecular formula is C16H21NO2. The first kappa shape index (κ1) is 12.5. The molecule has 3 atom stereocenters. The molecule has 0 saturated heterocycles. The number of hydrogen-bond donors (Lipinski definition) is 1. The van der Waals surface area contributed by atoms with Gasteiger partial charge in [-0.15, -0.1) is 0 Å². The fraction of sp³-hybridized carbons (Fsp3) is 0.562. The Morgan fingerprint density at radius 1 is 1.37 bits per heavy atom. The van der Waals surface area contributed by atoms with Gasteiger partial charge in [-0.1, -0.05) is 6.42 Å². The van der Waals surface area contributed by atoms with E-state index in [-0.39, 0.29) is 5.97 Å². The van der Waals surface area contributed by atoms with Crippen molar-refractivity contribution in [1.82, 2.24) is 0 Å². The minimum absolute atomic E-state index is 0.208. The summed E-state index contributed by atoms with van der Waals surface area (Å²) in [7, 11) is 0. The Morgan fingerprint density at radius 3 is 2.84 bits per heavy atom. The fourth-order valence-corrected chi connectivity index (χ4v) is 3.76. The Balaban J connectivity index is 1.59. The molecule has 3 unspecified atom stereocenters. The number of fused-ring (bicyclic) bond motifs is 2. The van der Waals surface area contributed by atoms with E-state index in [1.165, 1.54) is 25.7 Å². The van der Waals surface area contributed by atoms with E-state index in [9.17, 15) is 4.79 Å². The number of hydrogen-bond acceptors (Lipinski definition) is 3. The van der Waals surface area contributed by atoms with Gasteiger partial charge >= 0.3 is 5.97 Å². The summed E-state index contributed by atoms with van der Waals surface area (Å²) in [6.45, 7) is 2.48. The third kappa shape index (κ3) is 2.46. The van der Waals surface area contributed by atoms with Crippen LogP contribution in [0, 0.1) is 24.7 Å². The van der Waals surface area contributed by atoms with E-state index in [0.29, 0.717) is 23.8 Å². The topological polar surface area (TPSA) is 52.3 Å². The lowest BCUT2D eigenvalue weighted by Crippen LogP contribution is -2.19. The molecular weight excluding hydrogens is 238 g/mol. The lowest BCUT2D eigenvalue weighted by atomic mass is 9.89. The molecule has 0 amide bonds. The van der Waals surface area contributed by atoms with E-state index in [1.54, 1.807) is 12.1 Å². The van der Waals surface area contributed by atoms with Crippen LogP contribution in [0.5, 0.6) is 0 Å². The highest BCUT2D eigenvalue weighted by molar-refractivity contribution is 5.91. The number of rotatable bonds is 3. The molecule has 1 aromatic rings. The second-order valence-corrected chi connectivity index (χ2v) is 6.11. The highest BCUT2D eigenvalue weighted by atomic mass is 16.5. The lowest BCUT2D eigenvalue weighted by Gasteiger charge is -2.21. The third-order valence-electron chi connectivity index (χ3n) is 4.78. The van der Waals surface area contributed by atoms with E-state index >= 15 is 0 Å². The first-order chi connectivity index (χ1) is 9.13. The third-order valence-corrected chi connectivity index (χ3v) is 4.78. The Bertz CT molecular complexity index is 498. The van der Waals surface area contributed by atoms with Crippen molar-refractivity contribution in [2.45, 2.75) is 32.6 Å². The average Bonchev–Trinajstić information content (AvgIpc) is 2.98. The van der Waals surface area contributed by atoms with E-state index < -0.39 is 0 Å². The number of nitrogens with two attached hydrogens (primary N) is 1. The van der Waals surface area contributed by atoms with Gasteiger partial charge in [0.15, 0.2) is 0 Å². The van der Waals surface area contributed by atoms with Crippen LogP contribution in [0.1, 0.15) is 41.6 Å². The van der Waals surface area contributed by atoms with Gasteiger partial charge in [0.25, 0.3) is 0 Å². The van der Waals surface area contributed by atoms with E-state index in [2.05, 4.69) is 0 Å². The van der Waals surface area contributed by atoms with Crippen LogP contribution in [-0.4, -0.2) is 12.6 Å². The molecule has 1 aromatic carbocycles. The van der Waals surface area contributed by atoms with Crippen molar-refractivity contribution in [2.24, 2.45) is 17.8 Å². The molecule has 2 aliphatic carbocycles. The second kappa shape index (κ2) is 4.87. The van der Waals surface area contributed by atoms with Gasteiger partial charge < -0.3 is 10.5 Å². The maximum atomic E-state index is 12.1.